The summed E-state index contributed by atoms with van der Waals surface area (Å²) in [6.45, 7) is 4.92. The minimum atomic E-state index is -1.07. The van der Waals surface area contributed by atoms with Crippen molar-refractivity contribution >= 4 is 12.0 Å². The number of likely N-dealkylation sites (N-methyl/N-ethyl adjacent to an activating group) is 1. The van der Waals surface area contributed by atoms with Crippen LogP contribution in [0.15, 0.2) is 10.5 Å². The van der Waals surface area contributed by atoms with Gasteiger partial charge in [-0.2, -0.15) is 0 Å². The Morgan fingerprint density at radius 2 is 2.05 bits per heavy atom. The van der Waals surface area contributed by atoms with Crippen LogP contribution in [0, 0.1) is 6.92 Å². The van der Waals surface area contributed by atoms with Gasteiger partial charge in [0.2, 0.25) is 0 Å². The number of carbonyl (C=O) groups is 2. The summed E-state index contributed by atoms with van der Waals surface area (Å²) < 4.78 is 5.25. The molecule has 112 valence electrons. The number of aliphatic hydroxyl groups is 1. The molecular weight excluding hydrogens is 264 g/mol. The third-order valence-electron chi connectivity index (χ3n) is 3.21. The van der Waals surface area contributed by atoms with Crippen LogP contribution >= 0.6 is 0 Å². The SMILES string of the molecule is Cc1oc(CNC(=O)N(C)C(C)(C)CO)cc1C(=O)O. The van der Waals surface area contributed by atoms with Crippen LogP contribution in [0.25, 0.3) is 0 Å². The van der Waals surface area contributed by atoms with Gasteiger partial charge in [0.05, 0.1) is 18.7 Å². The van der Waals surface area contributed by atoms with E-state index in [9.17, 15) is 14.7 Å². The molecule has 1 rings (SSSR count). The van der Waals surface area contributed by atoms with Crippen molar-refractivity contribution in [3.63, 3.8) is 0 Å². The molecule has 1 aromatic rings. The molecule has 0 aliphatic rings. The molecule has 0 unspecified atom stereocenters. The van der Waals surface area contributed by atoms with Crippen molar-refractivity contribution in [2.75, 3.05) is 13.7 Å². The first-order valence-electron chi connectivity index (χ1n) is 6.14. The maximum absolute atomic E-state index is 11.9. The van der Waals surface area contributed by atoms with E-state index in [0.717, 1.165) is 0 Å². The number of urea groups is 1. The highest BCUT2D eigenvalue weighted by atomic mass is 16.4. The van der Waals surface area contributed by atoms with E-state index in [2.05, 4.69) is 5.32 Å². The molecule has 1 aromatic heterocycles. The number of nitrogens with one attached hydrogen (secondary N) is 1. The second-order valence-electron chi connectivity index (χ2n) is 5.18. The average Bonchev–Trinajstić information content (AvgIpc) is 2.76. The standard InChI is InChI=1S/C13H20N2O5/c1-8-10(11(17)18)5-9(20-8)6-14-12(19)15(4)13(2,3)7-16/h5,16H,6-7H2,1-4H3,(H,14,19)(H,17,18). The predicted octanol–water partition coefficient (Wildman–Crippen LogP) is 1.20. The summed E-state index contributed by atoms with van der Waals surface area (Å²) in [6.07, 6.45) is 0. The molecule has 2 amide bonds. The van der Waals surface area contributed by atoms with Crippen LogP contribution in [-0.2, 0) is 6.54 Å². The lowest BCUT2D eigenvalue weighted by molar-refractivity contribution is 0.0695. The first kappa shape index (κ1) is 16.0. The first-order valence-corrected chi connectivity index (χ1v) is 6.14. The van der Waals surface area contributed by atoms with Crippen molar-refractivity contribution in [3.05, 3.63) is 23.2 Å². The molecule has 20 heavy (non-hydrogen) atoms. The highest BCUT2D eigenvalue weighted by molar-refractivity contribution is 5.88. The van der Waals surface area contributed by atoms with Gasteiger partial charge in [0.15, 0.2) is 0 Å². The van der Waals surface area contributed by atoms with Gasteiger partial charge in [-0.05, 0) is 26.8 Å². The Labute approximate surface area is 117 Å². The van der Waals surface area contributed by atoms with Crippen molar-refractivity contribution in [1.82, 2.24) is 10.2 Å². The van der Waals surface area contributed by atoms with Crippen molar-refractivity contribution in [2.24, 2.45) is 0 Å². The maximum atomic E-state index is 11.9. The summed E-state index contributed by atoms with van der Waals surface area (Å²) in [5, 5.41) is 20.7. The van der Waals surface area contributed by atoms with Gasteiger partial charge in [-0.15, -0.1) is 0 Å². The number of carboxylic acid groups (broad SMARTS) is 1. The molecule has 0 aromatic carbocycles. The number of amides is 2. The van der Waals surface area contributed by atoms with E-state index in [-0.39, 0.29) is 24.7 Å². The number of aromatic carboxylic acids is 1. The second kappa shape index (κ2) is 5.96. The smallest absolute Gasteiger partial charge is 0.339 e. The van der Waals surface area contributed by atoms with Crippen LogP contribution in [0.5, 0.6) is 0 Å². The van der Waals surface area contributed by atoms with E-state index in [1.807, 2.05) is 0 Å². The average molecular weight is 284 g/mol. The van der Waals surface area contributed by atoms with Gasteiger partial charge in [-0.3, -0.25) is 0 Å². The van der Waals surface area contributed by atoms with Crippen molar-refractivity contribution in [2.45, 2.75) is 32.9 Å². The molecule has 7 heteroatoms. The number of aryl methyl sites for hydroxylation is 1. The largest absolute Gasteiger partial charge is 0.478 e. The zero-order valence-electron chi connectivity index (χ0n) is 12.1. The maximum Gasteiger partial charge on any atom is 0.339 e. The number of aliphatic hydroxyl groups excluding tert-OH is 1. The predicted molar refractivity (Wildman–Crippen MR) is 71.6 cm³/mol. The van der Waals surface area contributed by atoms with E-state index in [1.54, 1.807) is 27.8 Å². The Hall–Kier alpha value is -2.02. The Kier molecular flexibility index (Phi) is 4.78. The molecule has 0 saturated carbocycles. The number of carbonyl (C=O) groups excluding carboxylic acids is 1. The van der Waals surface area contributed by atoms with Gasteiger partial charge < -0.3 is 24.8 Å². The summed E-state index contributed by atoms with van der Waals surface area (Å²) in [7, 11) is 1.57. The van der Waals surface area contributed by atoms with E-state index in [4.69, 9.17) is 9.52 Å². The highest BCUT2D eigenvalue weighted by Gasteiger charge is 2.26. The quantitative estimate of drug-likeness (QED) is 0.753. The number of rotatable bonds is 5. The lowest BCUT2D eigenvalue weighted by atomic mass is 10.1. The normalized spacial score (nSPS) is 11.2. The second-order valence-corrected chi connectivity index (χ2v) is 5.18. The lowest BCUT2D eigenvalue weighted by Crippen LogP contribution is -2.51. The Balaban J connectivity index is 2.66. The fourth-order valence-electron chi connectivity index (χ4n) is 1.51. The summed E-state index contributed by atoms with van der Waals surface area (Å²) >= 11 is 0. The number of hydrogen-bond acceptors (Lipinski definition) is 4. The van der Waals surface area contributed by atoms with Gasteiger partial charge in [0, 0.05) is 7.05 Å². The minimum absolute atomic E-state index is 0.0818. The summed E-state index contributed by atoms with van der Waals surface area (Å²) in [5.41, 5.74) is -0.603. The third-order valence-corrected chi connectivity index (χ3v) is 3.21. The topological polar surface area (TPSA) is 103 Å². The van der Waals surface area contributed by atoms with Crippen LogP contribution in [-0.4, -0.2) is 46.3 Å². The van der Waals surface area contributed by atoms with Crippen LogP contribution < -0.4 is 5.32 Å². The van der Waals surface area contributed by atoms with Crippen molar-refractivity contribution in [3.8, 4) is 0 Å². The summed E-state index contributed by atoms with van der Waals surface area (Å²) in [5.74, 6) is -0.406. The van der Waals surface area contributed by atoms with E-state index < -0.39 is 11.5 Å². The van der Waals surface area contributed by atoms with Gasteiger partial charge in [0.25, 0.3) is 0 Å². The first-order chi connectivity index (χ1) is 9.19. The number of carboxylic acids is 1. The number of furan rings is 1. The van der Waals surface area contributed by atoms with Crippen LogP contribution in [0.4, 0.5) is 4.79 Å². The Morgan fingerprint density at radius 1 is 1.45 bits per heavy atom. The fourth-order valence-corrected chi connectivity index (χ4v) is 1.51. The summed E-state index contributed by atoms with van der Waals surface area (Å²) in [6, 6.07) is 1.00. The Bertz CT molecular complexity index is 507. The summed E-state index contributed by atoms with van der Waals surface area (Å²) in [4.78, 5) is 24.1. The lowest BCUT2D eigenvalue weighted by Gasteiger charge is -2.33. The van der Waals surface area contributed by atoms with Gasteiger partial charge in [0.1, 0.15) is 17.1 Å². The highest BCUT2D eigenvalue weighted by Crippen LogP contribution is 2.15. The van der Waals surface area contributed by atoms with Crippen molar-refractivity contribution in [1.29, 1.82) is 0 Å². The number of hydrogen-bond donors (Lipinski definition) is 3. The Morgan fingerprint density at radius 3 is 2.50 bits per heavy atom. The molecule has 0 spiro atoms. The van der Waals surface area contributed by atoms with Gasteiger partial charge >= 0.3 is 12.0 Å². The molecule has 0 bridgehead atoms. The minimum Gasteiger partial charge on any atom is -0.478 e. The van der Waals surface area contributed by atoms with Crippen LogP contribution in [0.1, 0.15) is 35.7 Å². The molecular formula is C13H20N2O5. The fraction of sp³-hybridized carbons (Fsp3) is 0.538. The van der Waals surface area contributed by atoms with E-state index >= 15 is 0 Å². The molecule has 0 radical (unpaired) electrons. The molecule has 0 saturated heterocycles. The molecule has 1 heterocycles. The third kappa shape index (κ3) is 3.51. The van der Waals surface area contributed by atoms with Gasteiger partial charge in [-0.1, -0.05) is 0 Å². The number of nitrogens with zero attached hydrogens (tertiary/aromatic N) is 1. The van der Waals surface area contributed by atoms with Crippen molar-refractivity contribution < 1.29 is 24.2 Å². The van der Waals surface area contributed by atoms with E-state index in [0.29, 0.717) is 11.5 Å². The molecule has 0 aliphatic heterocycles. The molecule has 3 N–H and O–H groups in total. The molecule has 0 atom stereocenters. The van der Waals surface area contributed by atoms with E-state index in [1.165, 1.54) is 11.0 Å². The van der Waals surface area contributed by atoms with Crippen LogP contribution in [0.3, 0.4) is 0 Å². The van der Waals surface area contributed by atoms with Gasteiger partial charge in [-0.25, -0.2) is 9.59 Å². The molecule has 0 fully saturated rings. The zero-order chi connectivity index (χ0) is 15.5. The zero-order valence-corrected chi connectivity index (χ0v) is 12.1. The monoisotopic (exact) mass is 284 g/mol. The molecule has 7 nitrogen and oxygen atoms in total. The van der Waals surface area contributed by atoms with Crippen LogP contribution in [0.2, 0.25) is 0 Å². The molecule has 0 aliphatic carbocycles.